The van der Waals surface area contributed by atoms with Crippen molar-refractivity contribution < 1.29 is 4.79 Å². The maximum absolute atomic E-state index is 12.1. The zero-order chi connectivity index (χ0) is 13.1. The summed E-state index contributed by atoms with van der Waals surface area (Å²) in [7, 11) is 0. The van der Waals surface area contributed by atoms with E-state index in [4.69, 9.17) is 0 Å². The van der Waals surface area contributed by atoms with Crippen molar-refractivity contribution in [3.05, 3.63) is 66.0 Å². The number of aromatic nitrogens is 1. The Bertz CT molecular complexity index is 553. The van der Waals surface area contributed by atoms with E-state index in [1.807, 2.05) is 41.4 Å². The average Bonchev–Trinajstić information content (AvgIpc) is 2.82. The Morgan fingerprint density at radius 1 is 1.16 bits per heavy atom. The van der Waals surface area contributed by atoms with E-state index in [0.717, 1.165) is 12.0 Å². The largest absolute Gasteiger partial charge is 0.331 e. The van der Waals surface area contributed by atoms with Crippen LogP contribution in [-0.4, -0.2) is 15.8 Å². The Balaban J connectivity index is 1.83. The molecule has 1 amide bonds. The quantitative estimate of drug-likeness (QED) is 0.841. The lowest BCUT2D eigenvalue weighted by Crippen LogP contribution is -2.27. The van der Waals surface area contributed by atoms with Gasteiger partial charge in [0.2, 0.25) is 5.91 Å². The molecule has 1 aromatic carbocycles. The standard InChI is InChI=1S/C16H16N2O/c19-16-9-8-15(14-7-4-10-17-11-14)18(16)12-13-5-2-1-3-6-13/h1-7,10-11,15H,8-9,12H2. The first-order chi connectivity index (χ1) is 9.34. The molecule has 0 saturated carbocycles. The molecule has 1 atom stereocenters. The van der Waals surface area contributed by atoms with Crippen LogP contribution in [-0.2, 0) is 11.3 Å². The predicted octanol–water partition coefficient (Wildman–Crippen LogP) is 2.95. The molecule has 2 heterocycles. The van der Waals surface area contributed by atoms with E-state index >= 15 is 0 Å². The lowest BCUT2D eigenvalue weighted by atomic mass is 10.1. The molecule has 1 fully saturated rings. The van der Waals surface area contributed by atoms with Crippen LogP contribution >= 0.6 is 0 Å². The smallest absolute Gasteiger partial charge is 0.223 e. The number of nitrogens with zero attached hydrogens (tertiary/aromatic N) is 2. The molecule has 3 nitrogen and oxygen atoms in total. The predicted molar refractivity (Wildman–Crippen MR) is 73.2 cm³/mol. The second-order valence-electron chi connectivity index (χ2n) is 4.85. The maximum atomic E-state index is 12.1. The molecule has 1 unspecified atom stereocenters. The Labute approximate surface area is 112 Å². The summed E-state index contributed by atoms with van der Waals surface area (Å²) < 4.78 is 0. The van der Waals surface area contributed by atoms with E-state index in [9.17, 15) is 4.79 Å². The van der Waals surface area contributed by atoms with Crippen molar-refractivity contribution in [3.8, 4) is 0 Å². The van der Waals surface area contributed by atoms with Crippen LogP contribution in [0.5, 0.6) is 0 Å². The first-order valence-corrected chi connectivity index (χ1v) is 6.58. The molecule has 96 valence electrons. The number of rotatable bonds is 3. The molecule has 3 heteroatoms. The maximum Gasteiger partial charge on any atom is 0.223 e. The van der Waals surface area contributed by atoms with Crippen molar-refractivity contribution in [2.24, 2.45) is 0 Å². The fourth-order valence-corrected chi connectivity index (χ4v) is 2.63. The number of pyridine rings is 1. The Kier molecular flexibility index (Phi) is 3.27. The second-order valence-corrected chi connectivity index (χ2v) is 4.85. The van der Waals surface area contributed by atoms with Gasteiger partial charge in [0.25, 0.3) is 0 Å². The molecule has 3 rings (SSSR count). The van der Waals surface area contributed by atoms with Crippen LogP contribution in [0.2, 0.25) is 0 Å². The van der Waals surface area contributed by atoms with Crippen LogP contribution in [0.3, 0.4) is 0 Å². The highest BCUT2D eigenvalue weighted by molar-refractivity contribution is 5.79. The molecule has 0 bridgehead atoms. The zero-order valence-corrected chi connectivity index (χ0v) is 10.7. The fourth-order valence-electron chi connectivity index (χ4n) is 2.63. The van der Waals surface area contributed by atoms with E-state index in [0.29, 0.717) is 13.0 Å². The van der Waals surface area contributed by atoms with Gasteiger partial charge >= 0.3 is 0 Å². The van der Waals surface area contributed by atoms with Crippen LogP contribution in [0.15, 0.2) is 54.9 Å². The molecule has 0 N–H and O–H groups in total. The van der Waals surface area contributed by atoms with Crippen molar-refractivity contribution in [2.75, 3.05) is 0 Å². The molecular weight excluding hydrogens is 236 g/mol. The molecule has 1 aliphatic rings. The van der Waals surface area contributed by atoms with E-state index in [1.165, 1.54) is 5.56 Å². The van der Waals surface area contributed by atoms with Crippen LogP contribution < -0.4 is 0 Å². The van der Waals surface area contributed by atoms with Gasteiger partial charge in [0, 0.05) is 25.4 Å². The molecule has 19 heavy (non-hydrogen) atoms. The second kappa shape index (κ2) is 5.22. The van der Waals surface area contributed by atoms with E-state index < -0.39 is 0 Å². The molecule has 0 spiro atoms. The van der Waals surface area contributed by atoms with Gasteiger partial charge in [-0.25, -0.2) is 0 Å². The Hall–Kier alpha value is -2.16. The van der Waals surface area contributed by atoms with E-state index in [-0.39, 0.29) is 11.9 Å². The molecule has 1 saturated heterocycles. The minimum Gasteiger partial charge on any atom is -0.331 e. The van der Waals surface area contributed by atoms with Crippen molar-refractivity contribution in [2.45, 2.75) is 25.4 Å². The van der Waals surface area contributed by atoms with Gasteiger partial charge in [-0.1, -0.05) is 36.4 Å². The minimum absolute atomic E-state index is 0.168. The van der Waals surface area contributed by atoms with Gasteiger partial charge in [0.05, 0.1) is 6.04 Å². The highest BCUT2D eigenvalue weighted by Crippen LogP contribution is 2.33. The van der Waals surface area contributed by atoms with Gasteiger partial charge in [-0.15, -0.1) is 0 Å². The molecule has 0 radical (unpaired) electrons. The van der Waals surface area contributed by atoms with Crippen LogP contribution in [0.4, 0.5) is 0 Å². The monoisotopic (exact) mass is 252 g/mol. The number of amides is 1. The molecule has 2 aromatic rings. The summed E-state index contributed by atoms with van der Waals surface area (Å²) >= 11 is 0. The minimum atomic E-state index is 0.168. The summed E-state index contributed by atoms with van der Waals surface area (Å²) in [5.41, 5.74) is 2.30. The van der Waals surface area contributed by atoms with Gasteiger partial charge in [-0.2, -0.15) is 0 Å². The number of hydrogen-bond donors (Lipinski definition) is 0. The number of carbonyl (C=O) groups is 1. The number of likely N-dealkylation sites (tertiary alicyclic amines) is 1. The third-order valence-electron chi connectivity index (χ3n) is 3.59. The number of carbonyl (C=O) groups excluding carboxylic acids is 1. The van der Waals surface area contributed by atoms with Crippen molar-refractivity contribution in [1.82, 2.24) is 9.88 Å². The summed E-state index contributed by atoms with van der Waals surface area (Å²) in [5, 5.41) is 0. The van der Waals surface area contributed by atoms with Gasteiger partial charge in [0.15, 0.2) is 0 Å². The fraction of sp³-hybridized carbons (Fsp3) is 0.250. The summed E-state index contributed by atoms with van der Waals surface area (Å²) in [6.45, 7) is 0.680. The molecule has 1 aliphatic heterocycles. The number of benzene rings is 1. The van der Waals surface area contributed by atoms with Gasteiger partial charge in [-0.05, 0) is 23.6 Å². The first kappa shape index (κ1) is 11.9. The highest BCUT2D eigenvalue weighted by Gasteiger charge is 2.31. The Morgan fingerprint density at radius 3 is 2.74 bits per heavy atom. The lowest BCUT2D eigenvalue weighted by molar-refractivity contribution is -0.129. The number of hydrogen-bond acceptors (Lipinski definition) is 2. The normalized spacial score (nSPS) is 18.8. The first-order valence-electron chi connectivity index (χ1n) is 6.58. The summed E-state index contributed by atoms with van der Waals surface area (Å²) in [4.78, 5) is 18.2. The Morgan fingerprint density at radius 2 is 2.00 bits per heavy atom. The molecule has 1 aromatic heterocycles. The van der Waals surface area contributed by atoms with Gasteiger partial charge in [-0.3, -0.25) is 9.78 Å². The van der Waals surface area contributed by atoms with Crippen molar-refractivity contribution >= 4 is 5.91 Å². The van der Waals surface area contributed by atoms with Crippen LogP contribution in [0, 0.1) is 0 Å². The molecule has 0 aliphatic carbocycles. The topological polar surface area (TPSA) is 33.2 Å². The van der Waals surface area contributed by atoms with Crippen molar-refractivity contribution in [1.29, 1.82) is 0 Å². The third kappa shape index (κ3) is 2.50. The van der Waals surface area contributed by atoms with Crippen molar-refractivity contribution in [3.63, 3.8) is 0 Å². The van der Waals surface area contributed by atoms with E-state index in [2.05, 4.69) is 17.1 Å². The zero-order valence-electron chi connectivity index (χ0n) is 10.7. The highest BCUT2D eigenvalue weighted by atomic mass is 16.2. The lowest BCUT2D eigenvalue weighted by Gasteiger charge is -2.25. The SMILES string of the molecule is O=C1CCC(c2cccnc2)N1Cc1ccccc1. The van der Waals surface area contributed by atoms with Gasteiger partial charge < -0.3 is 4.90 Å². The summed E-state index contributed by atoms with van der Waals surface area (Å²) in [5.74, 6) is 0.234. The molecular formula is C16H16N2O. The third-order valence-corrected chi connectivity index (χ3v) is 3.59. The van der Waals surface area contributed by atoms with Crippen LogP contribution in [0.25, 0.3) is 0 Å². The summed E-state index contributed by atoms with van der Waals surface area (Å²) in [6.07, 6.45) is 5.15. The summed E-state index contributed by atoms with van der Waals surface area (Å²) in [6, 6.07) is 14.3. The van der Waals surface area contributed by atoms with E-state index in [1.54, 1.807) is 6.20 Å². The van der Waals surface area contributed by atoms with Gasteiger partial charge in [0.1, 0.15) is 0 Å². The average molecular weight is 252 g/mol. The van der Waals surface area contributed by atoms with Crippen LogP contribution in [0.1, 0.15) is 30.0 Å².